The monoisotopic (exact) mass is 350 g/mol. The van der Waals surface area contributed by atoms with Crippen molar-refractivity contribution in [2.24, 2.45) is 10.2 Å². The summed E-state index contributed by atoms with van der Waals surface area (Å²) in [6.07, 6.45) is 4.42. The van der Waals surface area contributed by atoms with Gasteiger partial charge in [-0.1, -0.05) is 24.3 Å². The van der Waals surface area contributed by atoms with E-state index in [-0.39, 0.29) is 24.0 Å². The third-order valence-corrected chi connectivity index (χ3v) is 4.08. The summed E-state index contributed by atoms with van der Waals surface area (Å²) in [4.78, 5) is 18.2. The minimum Gasteiger partial charge on any atom is -0.505 e. The molecule has 7 heteroatoms. The number of aryl methyl sites for hydroxylation is 1. The Morgan fingerprint density at radius 2 is 2.12 bits per heavy atom. The Morgan fingerprint density at radius 1 is 1.35 bits per heavy atom. The van der Waals surface area contributed by atoms with Gasteiger partial charge >= 0.3 is 0 Å². The molecule has 26 heavy (non-hydrogen) atoms. The SMILES string of the molecule is C=CCN1C(=O)/C(=N\N=C\c2c(CO)cnc(C)c2O)c2ccccc21. The Bertz CT molecular complexity index is 934. The number of nitrogens with zero attached hydrogens (tertiary/aromatic N) is 4. The molecular weight excluding hydrogens is 332 g/mol. The first-order valence-corrected chi connectivity index (χ1v) is 8.00. The summed E-state index contributed by atoms with van der Waals surface area (Å²) in [5, 5.41) is 27.6. The zero-order valence-corrected chi connectivity index (χ0v) is 14.3. The Morgan fingerprint density at radius 3 is 2.85 bits per heavy atom. The molecule has 0 radical (unpaired) electrons. The highest BCUT2D eigenvalue weighted by Crippen LogP contribution is 2.29. The number of carbonyl (C=O) groups excluding carboxylic acids is 1. The van der Waals surface area contributed by atoms with Crippen molar-refractivity contribution in [3.05, 3.63) is 65.5 Å². The van der Waals surface area contributed by atoms with Crippen molar-refractivity contribution in [1.29, 1.82) is 0 Å². The van der Waals surface area contributed by atoms with Crippen LogP contribution in [0.1, 0.15) is 22.4 Å². The molecule has 1 aromatic carbocycles. The molecule has 1 aromatic heterocycles. The number of benzene rings is 1. The molecular formula is C19H18N4O3. The maximum atomic E-state index is 12.6. The van der Waals surface area contributed by atoms with Crippen molar-refractivity contribution in [3.8, 4) is 5.75 Å². The topological polar surface area (TPSA) is 98.4 Å². The molecule has 1 amide bonds. The lowest BCUT2D eigenvalue weighted by atomic mass is 10.1. The van der Waals surface area contributed by atoms with Gasteiger partial charge in [0.25, 0.3) is 5.91 Å². The minimum absolute atomic E-state index is 0.0769. The lowest BCUT2D eigenvalue weighted by Crippen LogP contribution is -2.30. The van der Waals surface area contributed by atoms with Gasteiger partial charge in [0.05, 0.1) is 24.2 Å². The summed E-state index contributed by atoms with van der Waals surface area (Å²) in [5.74, 6) is -0.340. The van der Waals surface area contributed by atoms with Crippen molar-refractivity contribution in [1.82, 2.24) is 4.98 Å². The highest BCUT2D eigenvalue weighted by atomic mass is 16.3. The summed E-state index contributed by atoms with van der Waals surface area (Å²) in [7, 11) is 0. The number of aromatic nitrogens is 1. The Balaban J connectivity index is 1.99. The van der Waals surface area contributed by atoms with Gasteiger partial charge in [-0.25, -0.2) is 0 Å². The second-order valence-electron chi connectivity index (χ2n) is 5.70. The average molecular weight is 350 g/mol. The number of pyridine rings is 1. The summed E-state index contributed by atoms with van der Waals surface area (Å²) in [6.45, 7) is 5.39. The molecule has 0 saturated carbocycles. The van der Waals surface area contributed by atoms with Crippen LogP contribution in [0.5, 0.6) is 5.75 Å². The molecule has 0 spiro atoms. The molecule has 2 N–H and O–H groups in total. The average Bonchev–Trinajstić information content (AvgIpc) is 2.91. The lowest BCUT2D eigenvalue weighted by Gasteiger charge is -2.13. The maximum absolute atomic E-state index is 12.6. The Hall–Kier alpha value is -3.32. The predicted octanol–water partition coefficient (Wildman–Crippen LogP) is 1.94. The summed E-state index contributed by atoms with van der Waals surface area (Å²) in [6, 6.07) is 7.31. The first-order chi connectivity index (χ1) is 12.6. The Labute approximate surface area is 150 Å². The van der Waals surface area contributed by atoms with Gasteiger partial charge in [-0.2, -0.15) is 5.10 Å². The number of aromatic hydroxyl groups is 1. The number of rotatable bonds is 5. The number of hydrogen-bond donors (Lipinski definition) is 2. The van der Waals surface area contributed by atoms with Crippen LogP contribution in [0.3, 0.4) is 0 Å². The molecule has 3 rings (SSSR count). The normalized spacial score (nSPS) is 15.1. The van der Waals surface area contributed by atoms with Crippen molar-refractivity contribution < 1.29 is 15.0 Å². The first-order valence-electron chi connectivity index (χ1n) is 8.00. The number of aliphatic hydroxyl groups excluding tert-OH is 1. The molecule has 2 heterocycles. The first kappa shape index (κ1) is 17.5. The van der Waals surface area contributed by atoms with Gasteiger partial charge < -0.3 is 15.1 Å². The molecule has 0 bridgehead atoms. The number of para-hydroxylation sites is 1. The van der Waals surface area contributed by atoms with Crippen LogP contribution in [0, 0.1) is 6.92 Å². The standard InChI is InChI=1S/C19H18N4O3/c1-3-8-23-16-7-5-4-6-14(16)17(19(23)26)22-21-10-15-13(11-24)9-20-12(2)18(15)25/h3-7,9-10,24-25H,1,8,11H2,2H3/b21-10+,22-17-. The summed E-state index contributed by atoms with van der Waals surface area (Å²) in [5.41, 5.74) is 2.82. The zero-order chi connectivity index (χ0) is 18.7. The second-order valence-corrected chi connectivity index (χ2v) is 5.70. The highest BCUT2D eigenvalue weighted by Gasteiger charge is 2.33. The molecule has 0 atom stereocenters. The van der Waals surface area contributed by atoms with Gasteiger partial charge in [0.1, 0.15) is 5.75 Å². The van der Waals surface area contributed by atoms with E-state index in [1.165, 1.54) is 12.4 Å². The summed E-state index contributed by atoms with van der Waals surface area (Å²) < 4.78 is 0. The van der Waals surface area contributed by atoms with E-state index in [0.29, 0.717) is 28.9 Å². The van der Waals surface area contributed by atoms with Gasteiger partial charge in [-0.15, -0.1) is 11.7 Å². The fourth-order valence-corrected chi connectivity index (χ4v) is 2.74. The molecule has 7 nitrogen and oxygen atoms in total. The molecule has 0 fully saturated rings. The van der Waals surface area contributed by atoms with Gasteiger partial charge in [-0.05, 0) is 13.0 Å². The van der Waals surface area contributed by atoms with Crippen molar-refractivity contribution >= 4 is 23.5 Å². The fourth-order valence-electron chi connectivity index (χ4n) is 2.74. The number of amides is 1. The van der Waals surface area contributed by atoms with Crippen LogP contribution in [-0.4, -0.2) is 39.6 Å². The maximum Gasteiger partial charge on any atom is 0.279 e. The van der Waals surface area contributed by atoms with Crippen molar-refractivity contribution in [2.75, 3.05) is 11.4 Å². The lowest BCUT2D eigenvalue weighted by molar-refractivity contribution is -0.112. The largest absolute Gasteiger partial charge is 0.505 e. The zero-order valence-electron chi connectivity index (χ0n) is 14.3. The molecule has 1 aliphatic rings. The number of carbonyl (C=O) groups is 1. The van der Waals surface area contributed by atoms with E-state index in [0.717, 1.165) is 5.69 Å². The van der Waals surface area contributed by atoms with Gasteiger partial charge in [-0.3, -0.25) is 9.78 Å². The van der Waals surface area contributed by atoms with Crippen LogP contribution in [-0.2, 0) is 11.4 Å². The van der Waals surface area contributed by atoms with Crippen molar-refractivity contribution in [3.63, 3.8) is 0 Å². The number of anilines is 1. The quantitative estimate of drug-likeness (QED) is 0.489. The van der Waals surface area contributed by atoms with E-state index in [9.17, 15) is 15.0 Å². The van der Waals surface area contributed by atoms with Gasteiger partial charge in [0.2, 0.25) is 0 Å². The summed E-state index contributed by atoms with van der Waals surface area (Å²) >= 11 is 0. The molecule has 0 saturated heterocycles. The van der Waals surface area contributed by atoms with E-state index < -0.39 is 0 Å². The molecule has 0 aliphatic carbocycles. The van der Waals surface area contributed by atoms with Crippen LogP contribution in [0.15, 0.2) is 53.3 Å². The molecule has 132 valence electrons. The third kappa shape index (κ3) is 3.00. The van der Waals surface area contributed by atoms with E-state index in [1.54, 1.807) is 24.0 Å². The van der Waals surface area contributed by atoms with Crippen LogP contribution in [0.2, 0.25) is 0 Å². The number of aliphatic hydroxyl groups is 1. The van der Waals surface area contributed by atoms with E-state index >= 15 is 0 Å². The molecule has 2 aromatic rings. The highest BCUT2D eigenvalue weighted by molar-refractivity contribution is 6.54. The predicted molar refractivity (Wildman–Crippen MR) is 99.7 cm³/mol. The molecule has 1 aliphatic heterocycles. The Kier molecular flexibility index (Phi) is 4.90. The van der Waals surface area contributed by atoms with E-state index in [4.69, 9.17) is 0 Å². The second kappa shape index (κ2) is 7.28. The smallest absolute Gasteiger partial charge is 0.279 e. The van der Waals surface area contributed by atoms with Gasteiger partial charge in [0, 0.05) is 29.4 Å². The van der Waals surface area contributed by atoms with E-state index in [2.05, 4.69) is 21.8 Å². The molecule has 0 unspecified atom stereocenters. The van der Waals surface area contributed by atoms with Crippen molar-refractivity contribution in [2.45, 2.75) is 13.5 Å². The fraction of sp³-hybridized carbons (Fsp3) is 0.158. The van der Waals surface area contributed by atoms with Crippen LogP contribution < -0.4 is 4.90 Å². The van der Waals surface area contributed by atoms with Gasteiger partial charge in [0.15, 0.2) is 5.71 Å². The van der Waals surface area contributed by atoms with Crippen LogP contribution in [0.4, 0.5) is 5.69 Å². The number of fused-ring (bicyclic) bond motifs is 1. The van der Waals surface area contributed by atoms with E-state index in [1.807, 2.05) is 18.2 Å². The minimum atomic E-state index is -0.298. The van der Waals surface area contributed by atoms with Crippen LogP contribution in [0.25, 0.3) is 0 Å². The third-order valence-electron chi connectivity index (χ3n) is 4.08. The number of hydrogen-bond acceptors (Lipinski definition) is 6. The van der Waals surface area contributed by atoms with Crippen LogP contribution >= 0.6 is 0 Å².